The topological polar surface area (TPSA) is 37.3 Å². The minimum atomic E-state index is -0.718. The fourth-order valence-corrected chi connectivity index (χ4v) is 0.542. The van der Waals surface area contributed by atoms with Crippen LogP contribution >= 0.6 is 22.6 Å². The zero-order chi connectivity index (χ0) is 4.99. The predicted octanol–water partition coefficient (Wildman–Crippen LogP) is -1.99. The maximum absolute atomic E-state index is 9.59. The number of carbonyl (C=O) groups is 1. The van der Waals surface area contributed by atoms with Crippen LogP contribution in [0.1, 0.15) is 7.85 Å². The van der Waals surface area contributed by atoms with Crippen molar-refractivity contribution in [3.63, 3.8) is 0 Å². The van der Waals surface area contributed by atoms with E-state index in [2.05, 4.69) is 0 Å². The summed E-state index contributed by atoms with van der Waals surface area (Å²) in [6.45, 7) is 0. The van der Waals surface area contributed by atoms with Crippen molar-refractivity contribution in [2.45, 2.75) is 6.42 Å². The summed E-state index contributed by atoms with van der Waals surface area (Å²) in [7, 11) is 0. The Morgan fingerprint density at radius 2 is 2.29 bits per heavy atom. The van der Waals surface area contributed by atoms with Gasteiger partial charge in [-0.15, -0.1) is 0 Å². The van der Waals surface area contributed by atoms with Gasteiger partial charge < -0.3 is 6.53 Å². The number of carboxylic acid groups (broad SMARTS) is 1. The van der Waals surface area contributed by atoms with Crippen LogP contribution in [0, 0.1) is 0 Å². The summed E-state index contributed by atoms with van der Waals surface area (Å²) < 4.78 is 0.701. The third-order valence-electron chi connectivity index (χ3n) is 0.308. The largest absolute Gasteiger partial charge is 1.00 e. The van der Waals surface area contributed by atoms with Gasteiger partial charge >= 0.3 is 35.5 Å². The molecule has 1 N–H and O–H groups in total. The third-order valence-corrected chi connectivity index (χ3v) is 0.848. The quantitative estimate of drug-likeness (QED) is 0.335. The minimum Gasteiger partial charge on any atom is -1.00 e. The second-order valence-electron chi connectivity index (χ2n) is 0.833. The van der Waals surface area contributed by atoms with E-state index in [0.29, 0.717) is 4.43 Å². The van der Waals surface area contributed by atoms with Crippen molar-refractivity contribution in [3.05, 3.63) is 0 Å². The summed E-state index contributed by atoms with van der Waals surface area (Å²) >= 11 is 2.02. The van der Waals surface area contributed by atoms with Crippen LogP contribution in [0.15, 0.2) is 0 Å². The Bertz CT molecular complexity index is 61.2. The Kier molecular flexibility index (Phi) is 11.4. The molecule has 0 saturated carbocycles. The smallest absolute Gasteiger partial charge is 1.00 e. The molecule has 0 unspecified atom stereocenters. The summed E-state index contributed by atoms with van der Waals surface area (Å²) in [5.74, 6) is -0.718. The molecule has 2 nitrogen and oxygen atoms in total. The van der Waals surface area contributed by atoms with Crippen molar-refractivity contribution < 1.29 is 40.9 Å². The van der Waals surface area contributed by atoms with Crippen molar-refractivity contribution in [1.29, 1.82) is 0 Å². The first-order valence-electron chi connectivity index (χ1n) is 1.55. The van der Waals surface area contributed by atoms with Gasteiger partial charge in [0.2, 0.25) is 0 Å². The van der Waals surface area contributed by atoms with E-state index in [4.69, 9.17) is 5.11 Å². The van der Waals surface area contributed by atoms with Crippen molar-refractivity contribution in [2.24, 2.45) is 0 Å². The Morgan fingerprint density at radius 1 is 1.86 bits per heavy atom. The second kappa shape index (κ2) is 7.20. The summed E-state index contributed by atoms with van der Waals surface area (Å²) in [4.78, 5) is 9.59. The number of carboxylic acids is 1. The van der Waals surface area contributed by atoms with Crippen LogP contribution in [0.3, 0.4) is 0 Å². The Balaban J connectivity index is -0.000000125. The van der Waals surface area contributed by atoms with E-state index in [1.165, 1.54) is 0 Å². The van der Waals surface area contributed by atoms with Gasteiger partial charge in [-0.25, -0.2) is 0 Å². The standard InChI is InChI=1S/C3H5IO2.Na.H/c4-2-1-3(5)6;;/h1-2H2,(H,5,6);;/q;+1;-1. The first-order valence-corrected chi connectivity index (χ1v) is 3.07. The maximum Gasteiger partial charge on any atom is 1.00 e. The molecule has 0 spiro atoms. The average molecular weight is 224 g/mol. The van der Waals surface area contributed by atoms with Gasteiger partial charge in [-0.2, -0.15) is 0 Å². The van der Waals surface area contributed by atoms with E-state index in [1.54, 1.807) is 0 Å². The van der Waals surface area contributed by atoms with Crippen molar-refractivity contribution >= 4 is 28.6 Å². The fraction of sp³-hybridized carbons (Fsp3) is 0.667. The Hall–Kier alpha value is 1.20. The molecular formula is C3H6INaO2. The molecule has 0 rings (SSSR count). The van der Waals surface area contributed by atoms with Crippen molar-refractivity contribution in [1.82, 2.24) is 0 Å². The maximum atomic E-state index is 9.59. The summed E-state index contributed by atoms with van der Waals surface area (Å²) in [5.41, 5.74) is 0. The van der Waals surface area contributed by atoms with Crippen LogP contribution < -0.4 is 29.6 Å². The van der Waals surface area contributed by atoms with E-state index >= 15 is 0 Å². The molecule has 38 valence electrons. The average Bonchev–Trinajstić information content (AvgIpc) is 1.35. The summed E-state index contributed by atoms with van der Waals surface area (Å²) in [5, 5.41) is 7.91. The van der Waals surface area contributed by atoms with Gasteiger partial charge in [-0.05, 0) is 0 Å². The van der Waals surface area contributed by atoms with Crippen LogP contribution in [0.2, 0.25) is 0 Å². The molecule has 7 heavy (non-hydrogen) atoms. The molecule has 0 amide bonds. The first-order chi connectivity index (χ1) is 2.77. The molecule has 0 aliphatic carbocycles. The monoisotopic (exact) mass is 224 g/mol. The normalized spacial score (nSPS) is 7.00. The van der Waals surface area contributed by atoms with Gasteiger partial charge in [0, 0.05) is 4.43 Å². The summed E-state index contributed by atoms with van der Waals surface area (Å²) in [6, 6.07) is 0. The Morgan fingerprint density at radius 3 is 2.29 bits per heavy atom. The number of aliphatic carboxylic acids is 1. The van der Waals surface area contributed by atoms with E-state index in [-0.39, 0.29) is 37.4 Å². The molecule has 0 radical (unpaired) electrons. The predicted molar refractivity (Wildman–Crippen MR) is 32.3 cm³/mol. The molecule has 0 aromatic heterocycles. The number of alkyl halides is 1. The zero-order valence-corrected chi connectivity index (χ0v) is 8.31. The third kappa shape index (κ3) is 11.0. The van der Waals surface area contributed by atoms with Gasteiger partial charge in [-0.3, -0.25) is 4.79 Å². The number of halogens is 1. The number of hydrogen-bond donors (Lipinski definition) is 1. The molecule has 0 aromatic carbocycles. The van der Waals surface area contributed by atoms with Crippen LogP contribution in [0.4, 0.5) is 0 Å². The van der Waals surface area contributed by atoms with Gasteiger partial charge in [0.15, 0.2) is 0 Å². The molecule has 0 saturated heterocycles. The van der Waals surface area contributed by atoms with Gasteiger partial charge in [0.1, 0.15) is 0 Å². The van der Waals surface area contributed by atoms with Crippen LogP contribution in [0.5, 0.6) is 0 Å². The molecule has 0 heterocycles. The molecule has 0 aliphatic rings. The van der Waals surface area contributed by atoms with Crippen molar-refractivity contribution in [3.8, 4) is 0 Å². The van der Waals surface area contributed by atoms with Gasteiger partial charge in [0.25, 0.3) is 0 Å². The van der Waals surface area contributed by atoms with Gasteiger partial charge in [0.05, 0.1) is 6.42 Å². The van der Waals surface area contributed by atoms with E-state index < -0.39 is 5.97 Å². The van der Waals surface area contributed by atoms with Crippen LogP contribution in [0.25, 0.3) is 0 Å². The van der Waals surface area contributed by atoms with E-state index in [0.717, 1.165) is 0 Å². The number of rotatable bonds is 2. The molecule has 0 atom stereocenters. The molecule has 4 heteroatoms. The molecule has 0 aromatic rings. The second-order valence-corrected chi connectivity index (χ2v) is 1.91. The van der Waals surface area contributed by atoms with E-state index in [9.17, 15) is 4.79 Å². The fourth-order valence-electron chi connectivity index (χ4n) is 0.0808. The van der Waals surface area contributed by atoms with Crippen LogP contribution in [-0.4, -0.2) is 15.5 Å². The first kappa shape index (κ1) is 11.1. The van der Waals surface area contributed by atoms with E-state index in [1.807, 2.05) is 22.6 Å². The SMILES string of the molecule is O=C(O)CCI.[H-].[Na+]. The van der Waals surface area contributed by atoms with Crippen molar-refractivity contribution in [2.75, 3.05) is 4.43 Å². The molecule has 0 fully saturated rings. The summed E-state index contributed by atoms with van der Waals surface area (Å²) in [6.07, 6.45) is 0.278. The molecular weight excluding hydrogens is 218 g/mol. The zero-order valence-electron chi connectivity index (χ0n) is 5.15. The molecule has 0 aliphatic heterocycles. The van der Waals surface area contributed by atoms with Crippen LogP contribution in [-0.2, 0) is 4.79 Å². The molecule has 0 bridgehead atoms. The minimum absolute atomic E-state index is 0. The number of hydrogen-bond acceptors (Lipinski definition) is 1. The Labute approximate surface area is 79.6 Å². The van der Waals surface area contributed by atoms with Gasteiger partial charge in [-0.1, -0.05) is 22.6 Å².